The molecule has 2 unspecified atom stereocenters. The summed E-state index contributed by atoms with van der Waals surface area (Å²) < 4.78 is 0. The molecular weight excluding hydrogens is 271 g/mol. The summed E-state index contributed by atoms with van der Waals surface area (Å²) in [4.78, 5) is 18.4. The minimum absolute atomic E-state index is 0.0407. The summed E-state index contributed by atoms with van der Waals surface area (Å²) in [5, 5.41) is 0.486. The first-order valence-electron chi connectivity index (χ1n) is 6.19. The first kappa shape index (κ1) is 13.6. The molecule has 0 aliphatic carbocycles. The Hall–Kier alpha value is -0.800. The molecule has 1 saturated heterocycles. The number of hydrogen-bond donors (Lipinski definition) is 0. The third kappa shape index (κ3) is 2.47. The lowest BCUT2D eigenvalue weighted by molar-refractivity contribution is 0.0676. The number of nitrogens with zero attached hydrogens (tertiary/aromatic N) is 2. The standard InChI is InChI=1S/C13H16Cl2N2O/c1-3-9-5-4-8(2)17(9)13(18)10-6-7-11(14)16-12(10)15/h6-9H,3-5H2,1-2H3. The van der Waals surface area contributed by atoms with Crippen LogP contribution in [0.25, 0.3) is 0 Å². The molecule has 0 radical (unpaired) electrons. The van der Waals surface area contributed by atoms with E-state index < -0.39 is 0 Å². The van der Waals surface area contributed by atoms with E-state index in [9.17, 15) is 4.79 Å². The molecule has 2 atom stereocenters. The molecule has 1 aromatic heterocycles. The highest BCUT2D eigenvalue weighted by Gasteiger charge is 2.34. The zero-order valence-corrected chi connectivity index (χ0v) is 12.0. The number of aromatic nitrogens is 1. The Labute approximate surface area is 117 Å². The molecule has 1 aromatic rings. The smallest absolute Gasteiger partial charge is 0.257 e. The SMILES string of the molecule is CCC1CCC(C)N1C(=O)c1ccc(Cl)nc1Cl. The summed E-state index contributed by atoms with van der Waals surface area (Å²) in [6.45, 7) is 4.18. The van der Waals surface area contributed by atoms with Crippen LogP contribution in [0.5, 0.6) is 0 Å². The molecule has 0 aromatic carbocycles. The van der Waals surface area contributed by atoms with Crippen molar-refractivity contribution < 1.29 is 4.79 Å². The van der Waals surface area contributed by atoms with Gasteiger partial charge in [-0.05, 0) is 38.3 Å². The summed E-state index contributed by atoms with van der Waals surface area (Å²) in [6.07, 6.45) is 3.07. The second-order valence-corrected chi connectivity index (χ2v) is 5.42. The van der Waals surface area contributed by atoms with Gasteiger partial charge < -0.3 is 4.90 Å². The molecule has 1 aliphatic rings. The minimum atomic E-state index is -0.0407. The van der Waals surface area contributed by atoms with E-state index in [1.165, 1.54) is 0 Å². The van der Waals surface area contributed by atoms with Crippen molar-refractivity contribution in [3.05, 3.63) is 28.0 Å². The Kier molecular flexibility index (Phi) is 4.13. The molecule has 0 saturated carbocycles. The van der Waals surface area contributed by atoms with Crippen LogP contribution in [0.15, 0.2) is 12.1 Å². The number of amides is 1. The van der Waals surface area contributed by atoms with E-state index in [1.54, 1.807) is 12.1 Å². The Morgan fingerprint density at radius 3 is 2.78 bits per heavy atom. The van der Waals surface area contributed by atoms with Crippen molar-refractivity contribution in [2.24, 2.45) is 0 Å². The zero-order valence-electron chi connectivity index (χ0n) is 10.5. The lowest BCUT2D eigenvalue weighted by Crippen LogP contribution is -2.39. The molecule has 3 nitrogen and oxygen atoms in total. The van der Waals surface area contributed by atoms with Crippen molar-refractivity contribution in [3.63, 3.8) is 0 Å². The molecule has 2 rings (SSSR count). The maximum atomic E-state index is 12.5. The molecule has 1 amide bonds. The maximum absolute atomic E-state index is 12.5. The van der Waals surface area contributed by atoms with Crippen molar-refractivity contribution in [3.8, 4) is 0 Å². The van der Waals surface area contributed by atoms with Gasteiger partial charge in [-0.25, -0.2) is 4.98 Å². The van der Waals surface area contributed by atoms with Gasteiger partial charge in [-0.3, -0.25) is 4.79 Å². The number of pyridine rings is 1. The van der Waals surface area contributed by atoms with Crippen LogP contribution in [0.2, 0.25) is 10.3 Å². The predicted octanol–water partition coefficient (Wildman–Crippen LogP) is 3.79. The van der Waals surface area contributed by atoms with Gasteiger partial charge >= 0.3 is 0 Å². The van der Waals surface area contributed by atoms with Gasteiger partial charge in [0.25, 0.3) is 5.91 Å². The van der Waals surface area contributed by atoms with Crippen LogP contribution in [0.4, 0.5) is 0 Å². The molecule has 98 valence electrons. The van der Waals surface area contributed by atoms with Gasteiger partial charge in [0.15, 0.2) is 0 Å². The highest BCUT2D eigenvalue weighted by Crippen LogP contribution is 2.29. The summed E-state index contributed by atoms with van der Waals surface area (Å²) in [5.74, 6) is -0.0407. The van der Waals surface area contributed by atoms with E-state index in [2.05, 4.69) is 18.8 Å². The first-order valence-corrected chi connectivity index (χ1v) is 6.95. The molecule has 18 heavy (non-hydrogen) atoms. The number of carbonyl (C=O) groups is 1. The number of halogens is 2. The van der Waals surface area contributed by atoms with Crippen molar-refractivity contribution in [1.82, 2.24) is 9.88 Å². The molecule has 0 N–H and O–H groups in total. The monoisotopic (exact) mass is 286 g/mol. The third-order valence-corrected chi connectivity index (χ3v) is 4.04. The van der Waals surface area contributed by atoms with E-state index in [0.29, 0.717) is 16.8 Å². The van der Waals surface area contributed by atoms with E-state index in [0.717, 1.165) is 19.3 Å². The summed E-state index contributed by atoms with van der Waals surface area (Å²) in [7, 11) is 0. The number of hydrogen-bond acceptors (Lipinski definition) is 2. The molecule has 1 fully saturated rings. The van der Waals surface area contributed by atoms with Gasteiger partial charge in [0.05, 0.1) is 5.56 Å². The third-order valence-electron chi connectivity index (χ3n) is 3.54. The van der Waals surface area contributed by atoms with Crippen LogP contribution >= 0.6 is 23.2 Å². The van der Waals surface area contributed by atoms with Crippen LogP contribution in [0.3, 0.4) is 0 Å². The number of carbonyl (C=O) groups excluding carboxylic acids is 1. The first-order chi connectivity index (χ1) is 8.54. The van der Waals surface area contributed by atoms with Gasteiger partial charge in [0, 0.05) is 12.1 Å². The maximum Gasteiger partial charge on any atom is 0.257 e. The van der Waals surface area contributed by atoms with Crippen molar-refractivity contribution >= 4 is 29.1 Å². The van der Waals surface area contributed by atoms with Gasteiger partial charge in [0.2, 0.25) is 0 Å². The summed E-state index contributed by atoms with van der Waals surface area (Å²) in [5.41, 5.74) is 0.438. The lowest BCUT2D eigenvalue weighted by Gasteiger charge is -2.28. The lowest BCUT2D eigenvalue weighted by atomic mass is 10.1. The van der Waals surface area contributed by atoms with Gasteiger partial charge in [0.1, 0.15) is 10.3 Å². The van der Waals surface area contributed by atoms with Gasteiger partial charge in [-0.2, -0.15) is 0 Å². The summed E-state index contributed by atoms with van der Waals surface area (Å²) in [6, 6.07) is 3.81. The number of rotatable bonds is 2. The largest absolute Gasteiger partial charge is 0.333 e. The highest BCUT2D eigenvalue weighted by atomic mass is 35.5. The van der Waals surface area contributed by atoms with Crippen molar-refractivity contribution in [2.45, 2.75) is 45.2 Å². The van der Waals surface area contributed by atoms with Gasteiger partial charge in [-0.15, -0.1) is 0 Å². The average Bonchev–Trinajstić information content (AvgIpc) is 2.69. The van der Waals surface area contributed by atoms with E-state index in [1.807, 2.05) is 4.90 Å². The highest BCUT2D eigenvalue weighted by molar-refractivity contribution is 6.34. The normalized spacial score (nSPS) is 23.4. The van der Waals surface area contributed by atoms with E-state index in [4.69, 9.17) is 23.2 Å². The fourth-order valence-corrected chi connectivity index (χ4v) is 2.97. The van der Waals surface area contributed by atoms with Crippen LogP contribution < -0.4 is 0 Å². The molecule has 5 heteroatoms. The van der Waals surface area contributed by atoms with Crippen LogP contribution in [0.1, 0.15) is 43.5 Å². The number of likely N-dealkylation sites (tertiary alicyclic amines) is 1. The zero-order chi connectivity index (χ0) is 13.3. The topological polar surface area (TPSA) is 33.2 Å². The quantitative estimate of drug-likeness (QED) is 0.775. The predicted molar refractivity (Wildman–Crippen MR) is 73.2 cm³/mol. The molecule has 0 spiro atoms. The van der Waals surface area contributed by atoms with E-state index in [-0.39, 0.29) is 17.1 Å². The summed E-state index contributed by atoms with van der Waals surface area (Å²) >= 11 is 11.7. The fraction of sp³-hybridized carbons (Fsp3) is 0.538. The van der Waals surface area contributed by atoms with Gasteiger partial charge in [-0.1, -0.05) is 30.1 Å². The fourth-order valence-electron chi connectivity index (χ4n) is 2.55. The Balaban J connectivity index is 2.30. The van der Waals surface area contributed by atoms with Crippen LogP contribution in [-0.4, -0.2) is 27.9 Å². The molecule has 0 bridgehead atoms. The van der Waals surface area contributed by atoms with Crippen molar-refractivity contribution in [1.29, 1.82) is 0 Å². The van der Waals surface area contributed by atoms with E-state index >= 15 is 0 Å². The van der Waals surface area contributed by atoms with Crippen LogP contribution in [0, 0.1) is 0 Å². The van der Waals surface area contributed by atoms with Crippen LogP contribution in [-0.2, 0) is 0 Å². The Morgan fingerprint density at radius 1 is 1.44 bits per heavy atom. The Morgan fingerprint density at radius 2 is 2.17 bits per heavy atom. The Bertz CT molecular complexity index is 464. The van der Waals surface area contributed by atoms with Crippen molar-refractivity contribution in [2.75, 3.05) is 0 Å². The average molecular weight is 287 g/mol. The second-order valence-electron chi connectivity index (χ2n) is 4.67. The minimum Gasteiger partial charge on any atom is -0.333 e. The molecular formula is C13H16Cl2N2O. The molecule has 2 heterocycles. The second kappa shape index (κ2) is 5.45. The molecule has 1 aliphatic heterocycles.